The van der Waals surface area contributed by atoms with Crippen LogP contribution in [0.4, 0.5) is 5.13 Å². The van der Waals surface area contributed by atoms with Crippen LogP contribution in [0.3, 0.4) is 0 Å². The summed E-state index contributed by atoms with van der Waals surface area (Å²) in [6, 6.07) is 11.1. The van der Waals surface area contributed by atoms with Gasteiger partial charge in [0.2, 0.25) is 0 Å². The Kier molecular flexibility index (Phi) is 6.03. The lowest BCUT2D eigenvalue weighted by molar-refractivity contribution is 0.0917. The number of anilines is 1. The molecule has 1 aliphatic rings. The number of amides is 1. The van der Waals surface area contributed by atoms with Crippen molar-refractivity contribution in [3.63, 3.8) is 0 Å². The van der Waals surface area contributed by atoms with Crippen LogP contribution in [0.5, 0.6) is 11.5 Å². The first kappa shape index (κ1) is 20.1. The predicted molar refractivity (Wildman–Crippen MR) is 118 cm³/mol. The summed E-state index contributed by atoms with van der Waals surface area (Å²) in [6.45, 7) is 1.17. The molecule has 29 heavy (non-hydrogen) atoms. The van der Waals surface area contributed by atoms with Crippen molar-refractivity contribution in [3.8, 4) is 11.5 Å². The van der Waals surface area contributed by atoms with E-state index in [1.165, 1.54) is 11.3 Å². The van der Waals surface area contributed by atoms with Gasteiger partial charge in [0.1, 0.15) is 21.7 Å². The van der Waals surface area contributed by atoms with E-state index in [1.807, 2.05) is 36.4 Å². The molecule has 3 aromatic rings. The zero-order chi connectivity index (χ0) is 20.4. The summed E-state index contributed by atoms with van der Waals surface area (Å²) in [5, 5.41) is 0.596. The molecule has 1 aromatic heterocycles. The largest absolute Gasteiger partial charge is 0.495 e. The fourth-order valence-corrected chi connectivity index (χ4v) is 4.95. The van der Waals surface area contributed by atoms with E-state index in [0.717, 1.165) is 28.6 Å². The van der Waals surface area contributed by atoms with Crippen LogP contribution in [0.25, 0.3) is 10.2 Å². The average molecular weight is 477 g/mol. The van der Waals surface area contributed by atoms with Crippen LogP contribution in [-0.2, 0) is 4.74 Å². The minimum Gasteiger partial charge on any atom is -0.495 e. The first-order valence-corrected chi connectivity index (χ1v) is 10.9. The number of halogens is 1. The lowest BCUT2D eigenvalue weighted by Gasteiger charge is -2.23. The molecule has 8 heteroatoms. The number of benzene rings is 2. The molecule has 0 spiro atoms. The quantitative estimate of drug-likeness (QED) is 0.506. The standard InChI is InChI=1S/C21H21BrN2O4S/c1-26-16-9-10-17(27-2)19-18(16)23-21(29-19)24(12-13-6-5-11-28-13)20(25)14-7-3-4-8-15(14)22/h3-4,7-10,13H,5-6,11-12H2,1-2H3. The van der Waals surface area contributed by atoms with E-state index >= 15 is 0 Å². The van der Waals surface area contributed by atoms with E-state index in [4.69, 9.17) is 19.2 Å². The number of hydrogen-bond acceptors (Lipinski definition) is 6. The third-order valence-corrected chi connectivity index (χ3v) is 6.67. The second kappa shape index (κ2) is 8.69. The molecule has 6 nitrogen and oxygen atoms in total. The topological polar surface area (TPSA) is 60.9 Å². The Morgan fingerprint density at radius 3 is 2.69 bits per heavy atom. The van der Waals surface area contributed by atoms with Gasteiger partial charge in [-0.3, -0.25) is 9.69 Å². The zero-order valence-corrected chi connectivity index (χ0v) is 18.6. The Hall–Kier alpha value is -2.16. The van der Waals surface area contributed by atoms with Crippen molar-refractivity contribution in [2.75, 3.05) is 32.3 Å². The molecule has 1 saturated heterocycles. The van der Waals surface area contributed by atoms with Gasteiger partial charge in [-0.2, -0.15) is 0 Å². The molecule has 0 aliphatic carbocycles. The Morgan fingerprint density at radius 2 is 2.00 bits per heavy atom. The van der Waals surface area contributed by atoms with Gasteiger partial charge in [-0.15, -0.1) is 0 Å². The number of carbonyl (C=O) groups is 1. The molecule has 1 unspecified atom stereocenters. The molecule has 1 aliphatic heterocycles. The summed E-state index contributed by atoms with van der Waals surface area (Å²) in [7, 11) is 3.23. The minimum atomic E-state index is -0.120. The Labute approximate surface area is 181 Å². The molecule has 152 valence electrons. The zero-order valence-electron chi connectivity index (χ0n) is 16.2. The Morgan fingerprint density at radius 1 is 1.24 bits per heavy atom. The second-order valence-electron chi connectivity index (χ2n) is 6.67. The van der Waals surface area contributed by atoms with Crippen LogP contribution in [0.15, 0.2) is 40.9 Å². The van der Waals surface area contributed by atoms with Crippen LogP contribution in [0, 0.1) is 0 Å². The highest BCUT2D eigenvalue weighted by molar-refractivity contribution is 9.10. The van der Waals surface area contributed by atoms with Crippen molar-refractivity contribution in [3.05, 3.63) is 46.4 Å². The molecule has 1 amide bonds. The fraction of sp³-hybridized carbons (Fsp3) is 0.333. The van der Waals surface area contributed by atoms with Gasteiger partial charge in [-0.25, -0.2) is 4.98 Å². The summed E-state index contributed by atoms with van der Waals surface area (Å²) < 4.78 is 18.4. The Bertz CT molecular complexity index is 992. The number of nitrogens with zero attached hydrogens (tertiary/aromatic N) is 2. The van der Waals surface area contributed by atoms with E-state index < -0.39 is 0 Å². The summed E-state index contributed by atoms with van der Waals surface area (Å²) in [5.74, 6) is 1.23. The number of methoxy groups -OCH3 is 2. The molecule has 2 aromatic carbocycles. The van der Waals surface area contributed by atoms with Gasteiger partial charge < -0.3 is 14.2 Å². The maximum absolute atomic E-state index is 13.5. The molecular weight excluding hydrogens is 456 g/mol. The van der Waals surface area contributed by atoms with Gasteiger partial charge in [-0.1, -0.05) is 23.5 Å². The van der Waals surface area contributed by atoms with Gasteiger partial charge in [0.05, 0.1) is 32.4 Å². The Balaban J connectivity index is 1.80. The summed E-state index contributed by atoms with van der Waals surface area (Å²) in [5.41, 5.74) is 1.27. The van der Waals surface area contributed by atoms with Crippen molar-refractivity contribution in [2.45, 2.75) is 18.9 Å². The first-order valence-electron chi connectivity index (χ1n) is 9.32. The molecule has 0 N–H and O–H groups in total. The van der Waals surface area contributed by atoms with Gasteiger partial charge in [0.15, 0.2) is 5.13 Å². The van der Waals surface area contributed by atoms with E-state index in [9.17, 15) is 4.79 Å². The molecule has 0 bridgehead atoms. The summed E-state index contributed by atoms with van der Waals surface area (Å²) in [4.78, 5) is 20.0. The third-order valence-electron chi connectivity index (χ3n) is 4.89. The summed E-state index contributed by atoms with van der Waals surface area (Å²) >= 11 is 4.91. The van der Waals surface area contributed by atoms with Gasteiger partial charge >= 0.3 is 0 Å². The molecule has 2 heterocycles. The van der Waals surface area contributed by atoms with Crippen LogP contribution in [-0.4, -0.2) is 44.4 Å². The number of carbonyl (C=O) groups excluding carboxylic acids is 1. The van der Waals surface area contributed by atoms with Crippen LogP contribution >= 0.6 is 27.3 Å². The highest BCUT2D eigenvalue weighted by Gasteiger charge is 2.29. The third kappa shape index (κ3) is 3.97. The minimum absolute atomic E-state index is 0.00255. The van der Waals surface area contributed by atoms with Crippen molar-refractivity contribution < 1.29 is 19.0 Å². The van der Waals surface area contributed by atoms with Crippen molar-refractivity contribution in [2.24, 2.45) is 0 Å². The average Bonchev–Trinajstić information content (AvgIpc) is 3.41. The number of aromatic nitrogens is 1. The summed E-state index contributed by atoms with van der Waals surface area (Å²) in [6.07, 6.45) is 1.93. The first-order chi connectivity index (χ1) is 14.1. The maximum atomic E-state index is 13.5. The van der Waals surface area contributed by atoms with Crippen molar-refractivity contribution in [1.29, 1.82) is 0 Å². The normalized spacial score (nSPS) is 16.2. The van der Waals surface area contributed by atoms with Gasteiger partial charge in [-0.05, 0) is 53.0 Å². The van der Waals surface area contributed by atoms with E-state index in [0.29, 0.717) is 34.3 Å². The van der Waals surface area contributed by atoms with Gasteiger partial charge in [0, 0.05) is 11.1 Å². The fourth-order valence-electron chi connectivity index (χ4n) is 3.41. The van der Waals surface area contributed by atoms with Crippen LogP contribution in [0.2, 0.25) is 0 Å². The number of fused-ring (bicyclic) bond motifs is 1. The molecule has 1 fully saturated rings. The molecule has 0 saturated carbocycles. The van der Waals surface area contributed by atoms with Crippen LogP contribution < -0.4 is 14.4 Å². The second-order valence-corrected chi connectivity index (χ2v) is 8.51. The molecule has 4 rings (SSSR count). The lowest BCUT2D eigenvalue weighted by Crippen LogP contribution is -2.37. The number of ether oxygens (including phenoxy) is 3. The van der Waals surface area contributed by atoms with Crippen molar-refractivity contribution >= 4 is 48.5 Å². The van der Waals surface area contributed by atoms with E-state index in [1.54, 1.807) is 19.1 Å². The smallest absolute Gasteiger partial charge is 0.261 e. The molecular formula is C21H21BrN2O4S. The predicted octanol–water partition coefficient (Wildman–Crippen LogP) is 4.90. The maximum Gasteiger partial charge on any atom is 0.261 e. The highest BCUT2D eigenvalue weighted by atomic mass is 79.9. The van der Waals surface area contributed by atoms with E-state index in [-0.39, 0.29) is 12.0 Å². The molecule has 0 radical (unpaired) electrons. The van der Waals surface area contributed by atoms with Crippen LogP contribution in [0.1, 0.15) is 23.2 Å². The molecule has 1 atom stereocenters. The number of thiazole rings is 1. The monoisotopic (exact) mass is 476 g/mol. The SMILES string of the molecule is COc1ccc(OC)c2sc(N(CC3CCCO3)C(=O)c3ccccc3Br)nc12. The van der Waals surface area contributed by atoms with Crippen molar-refractivity contribution in [1.82, 2.24) is 4.98 Å². The number of hydrogen-bond donors (Lipinski definition) is 0. The van der Waals surface area contributed by atoms with Gasteiger partial charge in [0.25, 0.3) is 5.91 Å². The lowest BCUT2D eigenvalue weighted by atomic mass is 10.2. The van der Waals surface area contributed by atoms with E-state index in [2.05, 4.69) is 15.9 Å². The number of rotatable bonds is 6. The highest BCUT2D eigenvalue weighted by Crippen LogP contribution is 2.40.